The molecule has 1 saturated heterocycles. The number of aryl methyl sites for hydroxylation is 2. The molecule has 1 aliphatic rings. The number of piperidine rings is 1. The molecule has 2 unspecified atom stereocenters. The minimum Gasteiger partial charge on any atom is -0.494 e. The second kappa shape index (κ2) is 9.99. The smallest absolute Gasteiger partial charge is 0.333 e. The van der Waals surface area contributed by atoms with Crippen molar-refractivity contribution in [1.82, 2.24) is 14.0 Å². The van der Waals surface area contributed by atoms with E-state index in [2.05, 4.69) is 18.8 Å². The van der Waals surface area contributed by atoms with Crippen LogP contribution in [0.2, 0.25) is 0 Å². The quantitative estimate of drug-likeness (QED) is 0.545. The molecule has 1 N–H and O–H groups in total. The normalized spacial score (nSPS) is 19.1. The average molecular weight is 473 g/mol. The van der Waals surface area contributed by atoms with Gasteiger partial charge in [-0.15, -0.1) is 0 Å². The number of aromatic nitrogens is 2. The number of benzene rings is 1. The Labute approximate surface area is 198 Å². The van der Waals surface area contributed by atoms with Gasteiger partial charge in [-0.05, 0) is 70.2 Å². The summed E-state index contributed by atoms with van der Waals surface area (Å²) in [6, 6.07) is 5.94. The van der Waals surface area contributed by atoms with Crippen molar-refractivity contribution in [2.24, 2.45) is 19.1 Å². The van der Waals surface area contributed by atoms with Gasteiger partial charge in [0.1, 0.15) is 10.6 Å². The molecule has 9 heteroatoms. The third-order valence-electron chi connectivity index (χ3n) is 6.38. The molecule has 0 bridgehead atoms. The molecule has 8 nitrogen and oxygen atoms in total. The Kier molecular flexibility index (Phi) is 7.51. The predicted molar refractivity (Wildman–Crippen MR) is 133 cm³/mol. The van der Waals surface area contributed by atoms with Gasteiger partial charge in [0, 0.05) is 26.2 Å². The van der Waals surface area contributed by atoms with Crippen molar-refractivity contribution >= 4 is 28.4 Å². The van der Waals surface area contributed by atoms with E-state index in [1.54, 1.807) is 0 Å². The van der Waals surface area contributed by atoms with E-state index < -0.39 is 17.1 Å². The van der Waals surface area contributed by atoms with E-state index in [4.69, 9.17) is 0 Å². The fourth-order valence-corrected chi connectivity index (χ4v) is 5.11. The van der Waals surface area contributed by atoms with Crippen molar-refractivity contribution in [1.29, 1.82) is 0 Å². The van der Waals surface area contributed by atoms with Crippen LogP contribution in [0.1, 0.15) is 49.8 Å². The van der Waals surface area contributed by atoms with E-state index in [-0.39, 0.29) is 34.4 Å². The summed E-state index contributed by atoms with van der Waals surface area (Å²) < 4.78 is 1.94. The van der Waals surface area contributed by atoms with Crippen molar-refractivity contribution in [3.63, 3.8) is 0 Å². The fraction of sp³-hybridized carbons (Fsp3) is 0.500. The number of amides is 1. The molecule has 1 aromatic heterocycles. The lowest BCUT2D eigenvalue weighted by atomic mass is 9.98. The van der Waals surface area contributed by atoms with Crippen LogP contribution in [0.15, 0.2) is 32.8 Å². The number of hydrogen-bond acceptors (Lipinski definition) is 6. The lowest BCUT2D eigenvalue weighted by Gasteiger charge is -2.39. The minimum absolute atomic E-state index is 0.0337. The summed E-state index contributed by atoms with van der Waals surface area (Å²) in [5.74, 6) is -0.428. The third-order valence-corrected chi connectivity index (χ3v) is 7.34. The van der Waals surface area contributed by atoms with Crippen molar-refractivity contribution < 1.29 is 9.90 Å². The molecule has 3 rings (SSSR count). The fourth-order valence-electron chi connectivity index (χ4n) is 4.21. The molecule has 0 saturated carbocycles. The monoisotopic (exact) mass is 472 g/mol. The second-order valence-electron chi connectivity index (χ2n) is 8.81. The lowest BCUT2D eigenvalue weighted by molar-refractivity contribution is -0.134. The number of nitrogens with zero attached hydrogens (tertiary/aromatic N) is 4. The Morgan fingerprint density at radius 3 is 2.33 bits per heavy atom. The number of carbonyl (C=O) groups excluding carboxylic acids is 1. The lowest BCUT2D eigenvalue weighted by Crippen LogP contribution is -2.48. The van der Waals surface area contributed by atoms with Gasteiger partial charge in [0.05, 0.1) is 11.4 Å². The van der Waals surface area contributed by atoms with E-state index in [1.807, 2.05) is 36.9 Å². The molecular formula is C24H32N4O4S. The van der Waals surface area contributed by atoms with Gasteiger partial charge in [-0.1, -0.05) is 17.8 Å². The summed E-state index contributed by atoms with van der Waals surface area (Å²) >= 11 is 1.11. The van der Waals surface area contributed by atoms with Gasteiger partial charge < -0.3 is 10.0 Å². The molecular weight excluding hydrogens is 440 g/mol. The van der Waals surface area contributed by atoms with Gasteiger partial charge in [-0.3, -0.25) is 18.7 Å². The third kappa shape index (κ3) is 5.08. The molecule has 2 atom stereocenters. The number of rotatable bonds is 4. The molecule has 2 aromatic rings. The molecule has 2 heterocycles. The van der Waals surface area contributed by atoms with E-state index in [9.17, 15) is 19.5 Å². The molecule has 0 aliphatic carbocycles. The van der Waals surface area contributed by atoms with Crippen LogP contribution in [0.3, 0.4) is 0 Å². The van der Waals surface area contributed by atoms with Crippen molar-refractivity contribution in [2.75, 3.05) is 5.75 Å². The zero-order valence-electron chi connectivity index (χ0n) is 20.1. The number of carbonyl (C=O) groups is 1. The van der Waals surface area contributed by atoms with Crippen molar-refractivity contribution in [3.05, 3.63) is 55.7 Å². The molecule has 1 fully saturated rings. The highest BCUT2D eigenvalue weighted by Crippen LogP contribution is 2.27. The van der Waals surface area contributed by atoms with Crippen LogP contribution in [-0.2, 0) is 18.9 Å². The molecule has 1 amide bonds. The van der Waals surface area contributed by atoms with E-state index in [0.717, 1.165) is 51.3 Å². The molecule has 1 aromatic carbocycles. The van der Waals surface area contributed by atoms with Crippen molar-refractivity contribution in [2.45, 2.75) is 59.0 Å². The SMILES string of the molecule is Cc1ccc(N=C(SCC(=O)N2C(C)CCCC2C)c2c(O)n(C)c(=O)n(C)c2=O)cc1C. The van der Waals surface area contributed by atoms with Gasteiger partial charge in [0.2, 0.25) is 11.8 Å². The molecule has 33 heavy (non-hydrogen) atoms. The Morgan fingerprint density at radius 2 is 1.73 bits per heavy atom. The summed E-state index contributed by atoms with van der Waals surface area (Å²) in [6.07, 6.45) is 3.03. The Morgan fingerprint density at radius 1 is 1.09 bits per heavy atom. The van der Waals surface area contributed by atoms with Crippen LogP contribution in [0.25, 0.3) is 0 Å². The Bertz CT molecular complexity index is 1200. The maximum Gasteiger partial charge on any atom is 0.333 e. The van der Waals surface area contributed by atoms with Crippen LogP contribution in [-0.4, -0.2) is 47.9 Å². The van der Waals surface area contributed by atoms with Crippen LogP contribution >= 0.6 is 11.8 Å². The summed E-state index contributed by atoms with van der Waals surface area (Å²) in [5, 5.41) is 10.9. The molecule has 1 aliphatic heterocycles. The topological polar surface area (TPSA) is 96.9 Å². The maximum absolute atomic E-state index is 13.1. The molecule has 178 valence electrons. The van der Waals surface area contributed by atoms with Gasteiger partial charge >= 0.3 is 5.69 Å². The molecule has 0 spiro atoms. The summed E-state index contributed by atoms with van der Waals surface area (Å²) in [7, 11) is 2.75. The Hall–Kier alpha value is -2.81. The van der Waals surface area contributed by atoms with Crippen molar-refractivity contribution in [3.8, 4) is 5.88 Å². The minimum atomic E-state index is -0.655. The summed E-state index contributed by atoms with van der Waals surface area (Å²) in [6.45, 7) is 8.06. The van der Waals surface area contributed by atoms with E-state index in [0.29, 0.717) is 5.69 Å². The van der Waals surface area contributed by atoms with Crippen LogP contribution in [0.5, 0.6) is 5.88 Å². The van der Waals surface area contributed by atoms with Gasteiger partial charge in [-0.25, -0.2) is 9.79 Å². The molecule has 0 radical (unpaired) electrons. The van der Waals surface area contributed by atoms with Gasteiger partial charge in [0.25, 0.3) is 5.56 Å². The first-order valence-electron chi connectivity index (χ1n) is 11.1. The number of aromatic hydroxyl groups is 1. The zero-order valence-corrected chi connectivity index (χ0v) is 20.9. The first kappa shape index (κ1) is 24.8. The summed E-state index contributed by atoms with van der Waals surface area (Å²) in [4.78, 5) is 44.9. The number of hydrogen-bond donors (Lipinski definition) is 1. The maximum atomic E-state index is 13.1. The first-order valence-corrected chi connectivity index (χ1v) is 12.1. The second-order valence-corrected chi connectivity index (χ2v) is 9.77. The highest BCUT2D eigenvalue weighted by Gasteiger charge is 2.30. The number of likely N-dealkylation sites (tertiary alicyclic amines) is 1. The number of thioether (sulfide) groups is 1. The zero-order chi connectivity index (χ0) is 24.4. The first-order chi connectivity index (χ1) is 15.5. The van der Waals surface area contributed by atoms with Gasteiger partial charge in [-0.2, -0.15) is 0 Å². The Balaban J connectivity index is 2.05. The summed E-state index contributed by atoms with van der Waals surface area (Å²) in [5.41, 5.74) is 1.36. The highest BCUT2D eigenvalue weighted by atomic mass is 32.2. The van der Waals surface area contributed by atoms with Crippen LogP contribution in [0, 0.1) is 13.8 Å². The van der Waals surface area contributed by atoms with E-state index in [1.165, 1.54) is 14.1 Å². The number of aliphatic imine (C=N–C) groups is 1. The van der Waals surface area contributed by atoms with Gasteiger partial charge in [0.15, 0.2) is 0 Å². The van der Waals surface area contributed by atoms with E-state index >= 15 is 0 Å². The predicted octanol–water partition coefficient (Wildman–Crippen LogP) is 3.01. The van der Waals surface area contributed by atoms with Crippen LogP contribution < -0.4 is 11.2 Å². The van der Waals surface area contributed by atoms with Crippen LogP contribution in [0.4, 0.5) is 5.69 Å². The average Bonchev–Trinajstić information content (AvgIpc) is 2.77. The standard InChI is InChI=1S/C24H32N4O4S/c1-14-10-11-18(12-15(14)2)25-21(20-22(30)26(5)24(32)27(6)23(20)31)33-13-19(29)28-16(3)8-7-9-17(28)4/h10-12,16-17,30H,7-9,13H2,1-6H3. The largest absolute Gasteiger partial charge is 0.494 e. The highest BCUT2D eigenvalue weighted by molar-refractivity contribution is 8.15.